The molecule has 3 nitrogen and oxygen atoms in total. The van der Waals surface area contributed by atoms with Crippen LogP contribution in [0.3, 0.4) is 0 Å². The first-order valence-corrected chi connectivity index (χ1v) is 5.75. The van der Waals surface area contributed by atoms with Crippen LogP contribution < -0.4 is 5.32 Å². The van der Waals surface area contributed by atoms with Crippen molar-refractivity contribution in [2.45, 2.75) is 19.8 Å². The summed E-state index contributed by atoms with van der Waals surface area (Å²) in [6.07, 6.45) is 2.78. The molecule has 1 N–H and O–H groups in total. The number of nitrogens with zero attached hydrogens (tertiary/aromatic N) is 1. The molecule has 0 aromatic carbocycles. The molecule has 84 valence electrons. The van der Waals surface area contributed by atoms with E-state index < -0.39 is 0 Å². The fourth-order valence-electron chi connectivity index (χ4n) is 2.03. The smallest absolute Gasteiger partial charge is 0.0587 e. The van der Waals surface area contributed by atoms with Gasteiger partial charge in [-0.05, 0) is 25.3 Å². The highest BCUT2D eigenvalue weighted by Gasteiger charge is 2.14. The Morgan fingerprint density at radius 3 is 3.00 bits per heavy atom. The van der Waals surface area contributed by atoms with Crippen molar-refractivity contribution >= 4 is 0 Å². The molecule has 0 unspecified atom stereocenters. The molecular weight excluding hydrogens is 176 g/mol. The quantitative estimate of drug-likeness (QED) is 0.646. The van der Waals surface area contributed by atoms with Crippen LogP contribution in [0.4, 0.5) is 0 Å². The minimum Gasteiger partial charge on any atom is -0.383 e. The first kappa shape index (κ1) is 12.0. The van der Waals surface area contributed by atoms with Crippen LogP contribution in [0.25, 0.3) is 0 Å². The van der Waals surface area contributed by atoms with Gasteiger partial charge in [0.15, 0.2) is 0 Å². The minimum absolute atomic E-state index is 0.816. The van der Waals surface area contributed by atoms with Crippen molar-refractivity contribution in [3.63, 3.8) is 0 Å². The van der Waals surface area contributed by atoms with Crippen LogP contribution in [0, 0.1) is 5.92 Å². The number of nitrogens with one attached hydrogen (secondary N) is 1. The third-order valence-corrected chi connectivity index (χ3v) is 2.83. The Morgan fingerprint density at radius 2 is 2.29 bits per heavy atom. The summed E-state index contributed by atoms with van der Waals surface area (Å²) in [5, 5.41) is 3.38. The van der Waals surface area contributed by atoms with E-state index in [0.717, 1.165) is 25.6 Å². The molecular formula is C11H24N2O. The second-order valence-corrected chi connectivity index (χ2v) is 4.29. The van der Waals surface area contributed by atoms with E-state index in [1.807, 2.05) is 0 Å². The number of likely N-dealkylation sites (tertiary alicyclic amines) is 1. The summed E-state index contributed by atoms with van der Waals surface area (Å²) in [6, 6.07) is 0. The highest BCUT2D eigenvalue weighted by Crippen LogP contribution is 2.14. The molecule has 14 heavy (non-hydrogen) atoms. The average molecular weight is 200 g/mol. The Morgan fingerprint density at radius 1 is 1.43 bits per heavy atom. The molecule has 3 heteroatoms. The van der Waals surface area contributed by atoms with E-state index in [1.165, 1.54) is 32.5 Å². The van der Waals surface area contributed by atoms with Gasteiger partial charge < -0.3 is 15.0 Å². The molecule has 0 aromatic rings. The zero-order valence-electron chi connectivity index (χ0n) is 9.59. The molecule has 1 fully saturated rings. The molecule has 1 atom stereocenters. The fraction of sp³-hybridized carbons (Fsp3) is 1.00. The van der Waals surface area contributed by atoms with E-state index in [4.69, 9.17) is 4.74 Å². The molecule has 1 aliphatic rings. The van der Waals surface area contributed by atoms with E-state index in [9.17, 15) is 0 Å². The molecule has 1 aliphatic heterocycles. The van der Waals surface area contributed by atoms with E-state index in [0.29, 0.717) is 0 Å². The number of hydrogen-bond donors (Lipinski definition) is 1. The van der Waals surface area contributed by atoms with E-state index in [2.05, 4.69) is 17.1 Å². The van der Waals surface area contributed by atoms with E-state index >= 15 is 0 Å². The number of ether oxygens (including phenoxy) is 1. The Labute approximate surface area is 87.8 Å². The van der Waals surface area contributed by atoms with Gasteiger partial charge in [-0.15, -0.1) is 0 Å². The first-order chi connectivity index (χ1) is 6.83. The largest absolute Gasteiger partial charge is 0.383 e. The van der Waals surface area contributed by atoms with Crippen LogP contribution in [-0.2, 0) is 4.74 Å². The summed E-state index contributed by atoms with van der Waals surface area (Å²) < 4.78 is 4.97. The van der Waals surface area contributed by atoms with Gasteiger partial charge in [-0.25, -0.2) is 0 Å². The lowest BCUT2D eigenvalue weighted by atomic mass is 10.0. The van der Waals surface area contributed by atoms with Gasteiger partial charge in [0.05, 0.1) is 6.61 Å². The topological polar surface area (TPSA) is 24.5 Å². The lowest BCUT2D eigenvalue weighted by Crippen LogP contribution is -2.39. The van der Waals surface area contributed by atoms with Crippen LogP contribution in [0.5, 0.6) is 0 Å². The molecule has 1 rings (SSSR count). The van der Waals surface area contributed by atoms with Crippen LogP contribution in [0.1, 0.15) is 19.8 Å². The van der Waals surface area contributed by atoms with Crippen molar-refractivity contribution in [2.24, 2.45) is 5.92 Å². The summed E-state index contributed by atoms with van der Waals surface area (Å²) in [5.74, 6) is 0.891. The maximum atomic E-state index is 4.97. The van der Waals surface area contributed by atoms with Gasteiger partial charge in [-0.1, -0.05) is 6.92 Å². The highest BCUT2D eigenvalue weighted by molar-refractivity contribution is 4.70. The van der Waals surface area contributed by atoms with Gasteiger partial charge in [0.2, 0.25) is 0 Å². The number of rotatable bonds is 6. The standard InChI is InChI=1S/C11H24N2O/c1-11-4-3-7-13(10-11)8-5-12-6-9-14-2/h11-12H,3-10H2,1-2H3/t11-/m0/s1. The molecule has 0 saturated carbocycles. The summed E-state index contributed by atoms with van der Waals surface area (Å²) in [6.45, 7) is 8.99. The highest BCUT2D eigenvalue weighted by atomic mass is 16.5. The molecule has 0 amide bonds. The van der Waals surface area contributed by atoms with Gasteiger partial charge in [0.1, 0.15) is 0 Å². The minimum atomic E-state index is 0.816. The van der Waals surface area contributed by atoms with Crippen LogP contribution in [-0.4, -0.2) is 51.3 Å². The van der Waals surface area contributed by atoms with E-state index in [-0.39, 0.29) is 0 Å². The van der Waals surface area contributed by atoms with Crippen LogP contribution in [0.15, 0.2) is 0 Å². The summed E-state index contributed by atoms with van der Waals surface area (Å²) in [4.78, 5) is 2.56. The third kappa shape index (κ3) is 4.94. The monoisotopic (exact) mass is 200 g/mol. The van der Waals surface area contributed by atoms with Crippen molar-refractivity contribution in [2.75, 3.05) is 46.4 Å². The second-order valence-electron chi connectivity index (χ2n) is 4.29. The maximum absolute atomic E-state index is 4.97. The summed E-state index contributed by atoms with van der Waals surface area (Å²) in [5.41, 5.74) is 0. The maximum Gasteiger partial charge on any atom is 0.0587 e. The Bertz CT molecular complexity index is 141. The SMILES string of the molecule is COCCNCCN1CCC[C@H](C)C1. The van der Waals surface area contributed by atoms with Gasteiger partial charge in [-0.3, -0.25) is 0 Å². The second kappa shape index (κ2) is 7.21. The number of hydrogen-bond acceptors (Lipinski definition) is 3. The normalized spacial score (nSPS) is 24.0. The summed E-state index contributed by atoms with van der Waals surface area (Å²) in [7, 11) is 1.74. The Kier molecular flexibility index (Phi) is 6.15. The van der Waals surface area contributed by atoms with Crippen LogP contribution in [0.2, 0.25) is 0 Å². The van der Waals surface area contributed by atoms with Crippen molar-refractivity contribution in [1.29, 1.82) is 0 Å². The molecule has 1 heterocycles. The predicted molar refractivity (Wildman–Crippen MR) is 59.6 cm³/mol. The van der Waals surface area contributed by atoms with Gasteiger partial charge in [-0.2, -0.15) is 0 Å². The van der Waals surface area contributed by atoms with Crippen molar-refractivity contribution in [3.05, 3.63) is 0 Å². The van der Waals surface area contributed by atoms with Crippen molar-refractivity contribution < 1.29 is 4.74 Å². The zero-order chi connectivity index (χ0) is 10.2. The van der Waals surface area contributed by atoms with Gasteiger partial charge in [0.25, 0.3) is 0 Å². The van der Waals surface area contributed by atoms with Gasteiger partial charge in [0, 0.05) is 33.3 Å². The molecule has 0 radical (unpaired) electrons. The Balaban J connectivity index is 1.95. The average Bonchev–Trinajstić information content (AvgIpc) is 2.18. The first-order valence-electron chi connectivity index (χ1n) is 5.75. The predicted octanol–water partition coefficient (Wildman–Crippen LogP) is 0.954. The zero-order valence-corrected chi connectivity index (χ0v) is 9.59. The molecule has 0 bridgehead atoms. The Hall–Kier alpha value is -0.120. The third-order valence-electron chi connectivity index (χ3n) is 2.83. The molecule has 0 aromatic heterocycles. The van der Waals surface area contributed by atoms with Gasteiger partial charge >= 0.3 is 0 Å². The number of methoxy groups -OCH3 is 1. The lowest BCUT2D eigenvalue weighted by Gasteiger charge is -2.30. The van der Waals surface area contributed by atoms with Crippen LogP contribution >= 0.6 is 0 Å². The fourth-order valence-corrected chi connectivity index (χ4v) is 2.03. The molecule has 0 spiro atoms. The molecule has 1 saturated heterocycles. The van der Waals surface area contributed by atoms with Crippen molar-refractivity contribution in [3.8, 4) is 0 Å². The van der Waals surface area contributed by atoms with E-state index in [1.54, 1.807) is 7.11 Å². The molecule has 0 aliphatic carbocycles. The number of piperidine rings is 1. The summed E-state index contributed by atoms with van der Waals surface area (Å²) >= 11 is 0. The van der Waals surface area contributed by atoms with Crippen molar-refractivity contribution in [1.82, 2.24) is 10.2 Å². The lowest BCUT2D eigenvalue weighted by molar-refractivity contribution is 0.176.